The molecular formula is C17H24N2O2S. The number of rotatable bonds is 4. The molecule has 1 amide bonds. The maximum Gasteiger partial charge on any atom is 0.240 e. The van der Waals surface area contributed by atoms with Crippen molar-refractivity contribution < 1.29 is 9.53 Å². The molecule has 0 radical (unpaired) electrons. The fraction of sp³-hybridized carbons (Fsp3) is 0.588. The highest BCUT2D eigenvalue weighted by atomic mass is 32.2. The van der Waals surface area contributed by atoms with Crippen molar-refractivity contribution in [1.29, 1.82) is 0 Å². The van der Waals surface area contributed by atoms with Gasteiger partial charge in [-0.3, -0.25) is 9.69 Å². The number of likely N-dealkylation sites (tertiary alicyclic amines) is 1. The van der Waals surface area contributed by atoms with Gasteiger partial charge in [0, 0.05) is 31.9 Å². The Hall–Kier alpha value is -1.20. The molecule has 5 heteroatoms. The van der Waals surface area contributed by atoms with E-state index in [1.54, 1.807) is 7.11 Å². The molecule has 0 spiro atoms. The van der Waals surface area contributed by atoms with Crippen LogP contribution in [-0.2, 0) is 11.3 Å². The summed E-state index contributed by atoms with van der Waals surface area (Å²) in [5.41, 5.74) is 1.24. The van der Waals surface area contributed by atoms with E-state index in [0.717, 1.165) is 50.5 Å². The number of hydrogen-bond donors (Lipinski definition) is 0. The van der Waals surface area contributed by atoms with Gasteiger partial charge in [0.25, 0.3) is 0 Å². The van der Waals surface area contributed by atoms with Crippen molar-refractivity contribution in [3.63, 3.8) is 0 Å². The summed E-state index contributed by atoms with van der Waals surface area (Å²) in [7, 11) is 1.68. The summed E-state index contributed by atoms with van der Waals surface area (Å²) >= 11 is 1.96. The molecule has 0 unspecified atom stereocenters. The summed E-state index contributed by atoms with van der Waals surface area (Å²) in [4.78, 5) is 17.1. The first-order valence-corrected chi connectivity index (χ1v) is 9.17. The highest BCUT2D eigenvalue weighted by Gasteiger charge is 2.36. The molecule has 3 rings (SSSR count). The third kappa shape index (κ3) is 3.58. The van der Waals surface area contributed by atoms with E-state index < -0.39 is 0 Å². The first-order valence-electron chi connectivity index (χ1n) is 8.01. The highest BCUT2D eigenvalue weighted by molar-refractivity contribution is 7.99. The van der Waals surface area contributed by atoms with Crippen molar-refractivity contribution in [2.45, 2.75) is 25.4 Å². The zero-order chi connectivity index (χ0) is 15.4. The maximum atomic E-state index is 12.7. The van der Waals surface area contributed by atoms with E-state index in [-0.39, 0.29) is 6.04 Å². The van der Waals surface area contributed by atoms with E-state index in [4.69, 9.17) is 4.74 Å². The fourth-order valence-corrected chi connectivity index (χ4v) is 3.94. The Labute approximate surface area is 136 Å². The summed E-state index contributed by atoms with van der Waals surface area (Å²) < 4.78 is 5.19. The third-order valence-corrected chi connectivity index (χ3v) is 5.54. The number of amides is 1. The monoisotopic (exact) mass is 320 g/mol. The lowest BCUT2D eigenvalue weighted by Gasteiger charge is -2.42. The van der Waals surface area contributed by atoms with Gasteiger partial charge in [-0.1, -0.05) is 12.1 Å². The fourth-order valence-electron chi connectivity index (χ4n) is 3.05. The van der Waals surface area contributed by atoms with Crippen LogP contribution < -0.4 is 4.74 Å². The molecule has 2 saturated heterocycles. The molecule has 1 aromatic rings. The van der Waals surface area contributed by atoms with Crippen molar-refractivity contribution in [2.75, 3.05) is 38.2 Å². The van der Waals surface area contributed by atoms with Crippen LogP contribution in [0.1, 0.15) is 18.4 Å². The van der Waals surface area contributed by atoms with Crippen LogP contribution in [0.15, 0.2) is 24.3 Å². The molecule has 22 heavy (non-hydrogen) atoms. The van der Waals surface area contributed by atoms with Gasteiger partial charge >= 0.3 is 0 Å². The van der Waals surface area contributed by atoms with Gasteiger partial charge in [0.05, 0.1) is 13.2 Å². The number of thioether (sulfide) groups is 1. The van der Waals surface area contributed by atoms with E-state index >= 15 is 0 Å². The van der Waals surface area contributed by atoms with E-state index in [9.17, 15) is 4.79 Å². The minimum Gasteiger partial charge on any atom is -0.497 e. The van der Waals surface area contributed by atoms with Gasteiger partial charge in [0.2, 0.25) is 5.91 Å². The van der Waals surface area contributed by atoms with Crippen LogP contribution in [0.25, 0.3) is 0 Å². The number of nitrogens with zero attached hydrogens (tertiary/aromatic N) is 2. The molecular weight excluding hydrogens is 296 g/mol. The molecule has 0 aliphatic carbocycles. The van der Waals surface area contributed by atoms with E-state index in [1.165, 1.54) is 11.3 Å². The summed E-state index contributed by atoms with van der Waals surface area (Å²) in [6.45, 7) is 3.71. The first-order chi connectivity index (χ1) is 10.8. The van der Waals surface area contributed by atoms with E-state index in [1.807, 2.05) is 23.9 Å². The van der Waals surface area contributed by atoms with Crippen molar-refractivity contribution in [3.05, 3.63) is 29.8 Å². The number of benzene rings is 1. The second kappa shape index (κ2) is 7.38. The van der Waals surface area contributed by atoms with Crippen LogP contribution in [0.3, 0.4) is 0 Å². The van der Waals surface area contributed by atoms with Crippen LogP contribution in [0.4, 0.5) is 0 Å². The molecule has 120 valence electrons. The molecule has 0 N–H and O–H groups in total. The molecule has 0 saturated carbocycles. The Kier molecular flexibility index (Phi) is 5.26. The van der Waals surface area contributed by atoms with Crippen LogP contribution in [0.2, 0.25) is 0 Å². The lowest BCUT2D eigenvalue weighted by molar-refractivity contribution is -0.141. The average molecular weight is 320 g/mol. The lowest BCUT2D eigenvalue weighted by atomic mass is 10.00. The van der Waals surface area contributed by atoms with Crippen LogP contribution >= 0.6 is 11.8 Å². The molecule has 0 bridgehead atoms. The van der Waals surface area contributed by atoms with Crippen molar-refractivity contribution in [1.82, 2.24) is 9.80 Å². The van der Waals surface area contributed by atoms with Gasteiger partial charge in [-0.15, -0.1) is 0 Å². The Balaban J connectivity index is 1.57. The van der Waals surface area contributed by atoms with Crippen LogP contribution in [0, 0.1) is 0 Å². The second-order valence-corrected chi connectivity index (χ2v) is 7.14. The molecule has 2 heterocycles. The zero-order valence-corrected chi connectivity index (χ0v) is 14.0. The molecule has 2 fully saturated rings. The van der Waals surface area contributed by atoms with Gasteiger partial charge in [-0.25, -0.2) is 0 Å². The first kappa shape index (κ1) is 15.7. The van der Waals surface area contributed by atoms with Crippen LogP contribution in [0.5, 0.6) is 5.75 Å². The SMILES string of the molecule is COc1ccc(CN2CC[C@H]2C(=O)N2CCCSCC2)cc1. The quantitative estimate of drug-likeness (QED) is 0.852. The minimum absolute atomic E-state index is 0.0881. The second-order valence-electron chi connectivity index (χ2n) is 5.91. The Morgan fingerprint density at radius 1 is 1.23 bits per heavy atom. The number of carbonyl (C=O) groups is 1. The topological polar surface area (TPSA) is 32.8 Å². The van der Waals surface area contributed by atoms with E-state index in [2.05, 4.69) is 21.9 Å². The van der Waals surface area contributed by atoms with Gasteiger partial charge < -0.3 is 9.64 Å². The van der Waals surface area contributed by atoms with Crippen molar-refractivity contribution in [2.24, 2.45) is 0 Å². The molecule has 2 aliphatic rings. The summed E-state index contributed by atoms with van der Waals surface area (Å²) in [6.07, 6.45) is 2.13. The van der Waals surface area contributed by atoms with Gasteiger partial charge in [0.15, 0.2) is 0 Å². The molecule has 1 aromatic carbocycles. The van der Waals surface area contributed by atoms with Gasteiger partial charge in [-0.05, 0) is 36.3 Å². The Morgan fingerprint density at radius 3 is 2.73 bits per heavy atom. The van der Waals surface area contributed by atoms with Crippen molar-refractivity contribution in [3.8, 4) is 5.75 Å². The predicted octanol–water partition coefficient (Wildman–Crippen LogP) is 2.24. The number of methoxy groups -OCH3 is 1. The number of carbonyl (C=O) groups excluding carboxylic acids is 1. The lowest BCUT2D eigenvalue weighted by Crippen LogP contribution is -2.56. The average Bonchev–Trinajstić information content (AvgIpc) is 2.81. The standard InChI is InChI=1S/C17H24N2O2S/c1-21-15-5-3-14(4-6-15)13-19-9-7-16(19)17(20)18-8-2-11-22-12-10-18/h3-6,16H,2,7-13H2,1H3/t16-/m0/s1. The summed E-state index contributed by atoms with van der Waals surface area (Å²) in [6, 6.07) is 8.23. The summed E-state index contributed by atoms with van der Waals surface area (Å²) in [5, 5.41) is 0. The largest absolute Gasteiger partial charge is 0.497 e. The molecule has 2 aliphatic heterocycles. The number of ether oxygens (including phenoxy) is 1. The van der Waals surface area contributed by atoms with Crippen molar-refractivity contribution >= 4 is 17.7 Å². The minimum atomic E-state index is 0.0881. The summed E-state index contributed by atoms with van der Waals surface area (Å²) in [5.74, 6) is 3.48. The third-order valence-electron chi connectivity index (χ3n) is 4.49. The van der Waals surface area contributed by atoms with Gasteiger partial charge in [0.1, 0.15) is 5.75 Å². The Bertz CT molecular complexity index is 498. The molecule has 4 nitrogen and oxygen atoms in total. The zero-order valence-electron chi connectivity index (χ0n) is 13.2. The molecule has 0 aromatic heterocycles. The Morgan fingerprint density at radius 2 is 2.05 bits per heavy atom. The number of hydrogen-bond acceptors (Lipinski definition) is 4. The van der Waals surface area contributed by atoms with E-state index in [0.29, 0.717) is 5.91 Å². The predicted molar refractivity (Wildman–Crippen MR) is 90.3 cm³/mol. The molecule has 1 atom stereocenters. The maximum absolute atomic E-state index is 12.7. The van der Waals surface area contributed by atoms with Crippen LogP contribution in [-0.4, -0.2) is 60.0 Å². The highest BCUT2D eigenvalue weighted by Crippen LogP contribution is 2.24. The smallest absolute Gasteiger partial charge is 0.240 e. The normalized spacial score (nSPS) is 22.8. The van der Waals surface area contributed by atoms with Gasteiger partial charge in [-0.2, -0.15) is 11.8 Å².